The van der Waals surface area contributed by atoms with Crippen LogP contribution < -0.4 is 0 Å². The molecule has 0 aliphatic rings. The lowest BCUT2D eigenvalue weighted by atomic mass is 9.79. The number of rotatable bonds is 4. The fraction of sp³-hybridized carbons (Fsp3) is 0.889. The van der Waals surface area contributed by atoms with Crippen molar-refractivity contribution < 1.29 is 4.79 Å². The summed E-state index contributed by atoms with van der Waals surface area (Å²) in [6.45, 7) is 6.32. The summed E-state index contributed by atoms with van der Waals surface area (Å²) in [6, 6.07) is 0. The molecule has 3 heteroatoms. The minimum atomic E-state index is -0.0729. The van der Waals surface area contributed by atoms with Crippen molar-refractivity contribution in [3.05, 3.63) is 0 Å². The first-order chi connectivity index (χ1) is 5.54. The molecule has 0 aliphatic heterocycles. The van der Waals surface area contributed by atoms with E-state index < -0.39 is 0 Å². The zero-order valence-electron chi connectivity index (χ0n) is 8.98. The number of hydrogen-bond donors (Lipinski definition) is 0. The second-order valence-corrected chi connectivity index (χ2v) is 4.88. The molecule has 0 bridgehead atoms. The van der Waals surface area contributed by atoms with E-state index in [0.717, 1.165) is 29.7 Å². The SMILES string of the molecule is CCC(CC)(CC)C(=O)N(C)[SiH3]. The van der Waals surface area contributed by atoms with Crippen LogP contribution in [0.25, 0.3) is 0 Å². The Labute approximate surface area is 78.8 Å². The molecule has 72 valence electrons. The van der Waals surface area contributed by atoms with Crippen LogP contribution >= 0.6 is 0 Å². The number of hydrogen-bond acceptors (Lipinski definition) is 1. The van der Waals surface area contributed by atoms with Crippen molar-refractivity contribution >= 4 is 16.3 Å². The number of nitrogens with zero attached hydrogens (tertiary/aromatic N) is 1. The molecule has 0 fully saturated rings. The lowest BCUT2D eigenvalue weighted by molar-refractivity contribution is -0.137. The van der Waals surface area contributed by atoms with Crippen LogP contribution in [-0.4, -0.2) is 27.9 Å². The summed E-state index contributed by atoms with van der Waals surface area (Å²) in [5, 5.41) is 0. The Morgan fingerprint density at radius 3 is 1.67 bits per heavy atom. The Hall–Kier alpha value is -0.313. The predicted octanol–water partition coefficient (Wildman–Crippen LogP) is 0.942. The molecular weight excluding hydrogens is 166 g/mol. The third-order valence-electron chi connectivity index (χ3n) is 2.89. The quantitative estimate of drug-likeness (QED) is 0.600. The van der Waals surface area contributed by atoms with E-state index in [1.54, 1.807) is 0 Å². The van der Waals surface area contributed by atoms with Crippen molar-refractivity contribution in [3.8, 4) is 0 Å². The van der Waals surface area contributed by atoms with Gasteiger partial charge in [-0.15, -0.1) is 0 Å². The van der Waals surface area contributed by atoms with Crippen molar-refractivity contribution in [1.29, 1.82) is 0 Å². The number of amides is 1. The highest BCUT2D eigenvalue weighted by Crippen LogP contribution is 2.31. The second-order valence-electron chi connectivity index (χ2n) is 3.54. The average Bonchev–Trinajstić information content (AvgIpc) is 2.08. The van der Waals surface area contributed by atoms with Crippen molar-refractivity contribution in [3.63, 3.8) is 0 Å². The predicted molar refractivity (Wildman–Crippen MR) is 56.0 cm³/mol. The summed E-state index contributed by atoms with van der Waals surface area (Å²) >= 11 is 0. The standard InChI is InChI=1S/C9H21NOSi/c1-5-9(6-2,7-3)8(11)10(4)12/h5-7H2,1-4,12H3. The lowest BCUT2D eigenvalue weighted by Gasteiger charge is -2.32. The van der Waals surface area contributed by atoms with Crippen LogP contribution in [0.3, 0.4) is 0 Å². The van der Waals surface area contributed by atoms with E-state index in [0.29, 0.717) is 5.91 Å². The highest BCUT2D eigenvalue weighted by atomic mass is 28.2. The van der Waals surface area contributed by atoms with Gasteiger partial charge in [0.1, 0.15) is 10.4 Å². The Bertz CT molecular complexity index is 144. The minimum Gasteiger partial charge on any atom is -0.380 e. The summed E-state index contributed by atoms with van der Waals surface area (Å²) in [6.07, 6.45) is 2.89. The van der Waals surface area contributed by atoms with Crippen LogP contribution in [-0.2, 0) is 4.79 Å². The van der Waals surface area contributed by atoms with E-state index in [9.17, 15) is 4.79 Å². The minimum absolute atomic E-state index is 0.0729. The van der Waals surface area contributed by atoms with E-state index in [2.05, 4.69) is 20.8 Å². The third kappa shape index (κ3) is 2.09. The van der Waals surface area contributed by atoms with Gasteiger partial charge in [-0.2, -0.15) is 0 Å². The normalized spacial score (nSPS) is 11.7. The molecule has 0 aromatic heterocycles. The summed E-state index contributed by atoms with van der Waals surface area (Å²) < 4.78 is 1.84. The molecule has 2 nitrogen and oxygen atoms in total. The van der Waals surface area contributed by atoms with Crippen molar-refractivity contribution in [2.45, 2.75) is 40.0 Å². The Balaban J connectivity index is 4.59. The van der Waals surface area contributed by atoms with Gasteiger partial charge in [0.2, 0.25) is 5.91 Å². The average molecular weight is 187 g/mol. The molecule has 0 saturated heterocycles. The molecule has 0 radical (unpaired) electrons. The fourth-order valence-corrected chi connectivity index (χ4v) is 2.15. The van der Waals surface area contributed by atoms with E-state index >= 15 is 0 Å². The van der Waals surface area contributed by atoms with Gasteiger partial charge in [0, 0.05) is 5.41 Å². The Morgan fingerprint density at radius 2 is 1.58 bits per heavy atom. The van der Waals surface area contributed by atoms with E-state index in [4.69, 9.17) is 0 Å². The van der Waals surface area contributed by atoms with Gasteiger partial charge in [-0.05, 0) is 26.3 Å². The van der Waals surface area contributed by atoms with Gasteiger partial charge in [-0.3, -0.25) is 4.79 Å². The molecule has 0 aromatic carbocycles. The zero-order valence-corrected chi connectivity index (χ0v) is 11.0. The van der Waals surface area contributed by atoms with Gasteiger partial charge in [-0.25, -0.2) is 0 Å². The first-order valence-corrected chi connectivity index (χ1v) is 5.65. The first-order valence-electron chi connectivity index (χ1n) is 4.75. The molecule has 0 aromatic rings. The van der Waals surface area contributed by atoms with E-state index in [1.807, 2.05) is 11.6 Å². The molecule has 0 atom stereocenters. The van der Waals surface area contributed by atoms with Gasteiger partial charge in [-0.1, -0.05) is 20.8 Å². The molecule has 12 heavy (non-hydrogen) atoms. The van der Waals surface area contributed by atoms with Crippen LogP contribution in [0, 0.1) is 5.41 Å². The molecule has 0 rings (SSSR count). The maximum Gasteiger partial charge on any atom is 0.220 e. The van der Waals surface area contributed by atoms with E-state index in [1.165, 1.54) is 0 Å². The third-order valence-corrected chi connectivity index (χ3v) is 3.30. The van der Waals surface area contributed by atoms with Crippen molar-refractivity contribution in [2.24, 2.45) is 5.41 Å². The van der Waals surface area contributed by atoms with Gasteiger partial charge in [0.25, 0.3) is 0 Å². The monoisotopic (exact) mass is 187 g/mol. The molecule has 0 N–H and O–H groups in total. The Kier molecular flexibility index (Phi) is 4.53. The van der Waals surface area contributed by atoms with Crippen LogP contribution in [0.4, 0.5) is 0 Å². The Morgan fingerprint density at radius 1 is 1.25 bits per heavy atom. The topological polar surface area (TPSA) is 20.3 Å². The number of carbonyl (C=O) groups is 1. The van der Waals surface area contributed by atoms with Crippen molar-refractivity contribution in [1.82, 2.24) is 4.57 Å². The summed E-state index contributed by atoms with van der Waals surface area (Å²) in [5.74, 6) is 0.335. The molecule has 0 unspecified atom stereocenters. The molecule has 0 saturated carbocycles. The highest BCUT2D eigenvalue weighted by Gasteiger charge is 2.33. The van der Waals surface area contributed by atoms with Crippen LogP contribution in [0.5, 0.6) is 0 Å². The molecule has 0 spiro atoms. The maximum absolute atomic E-state index is 11.8. The summed E-state index contributed by atoms with van der Waals surface area (Å²) in [7, 11) is 2.72. The summed E-state index contributed by atoms with van der Waals surface area (Å²) in [4.78, 5) is 11.8. The fourth-order valence-electron chi connectivity index (χ4n) is 1.68. The first kappa shape index (κ1) is 11.7. The summed E-state index contributed by atoms with van der Waals surface area (Å²) in [5.41, 5.74) is -0.0729. The van der Waals surface area contributed by atoms with Crippen molar-refractivity contribution in [2.75, 3.05) is 7.05 Å². The van der Waals surface area contributed by atoms with Crippen LogP contribution in [0.2, 0.25) is 0 Å². The van der Waals surface area contributed by atoms with Gasteiger partial charge in [0.15, 0.2) is 0 Å². The molecule has 0 aliphatic carbocycles. The number of carbonyl (C=O) groups excluding carboxylic acids is 1. The van der Waals surface area contributed by atoms with Crippen LogP contribution in [0.15, 0.2) is 0 Å². The molecule has 0 heterocycles. The van der Waals surface area contributed by atoms with Crippen LogP contribution in [0.1, 0.15) is 40.0 Å². The molecule has 1 amide bonds. The highest BCUT2D eigenvalue weighted by molar-refractivity contribution is 6.14. The van der Waals surface area contributed by atoms with Gasteiger partial charge in [0.05, 0.1) is 0 Å². The smallest absolute Gasteiger partial charge is 0.220 e. The van der Waals surface area contributed by atoms with E-state index in [-0.39, 0.29) is 5.41 Å². The largest absolute Gasteiger partial charge is 0.380 e. The maximum atomic E-state index is 11.8. The zero-order chi connectivity index (χ0) is 9.78. The molecular formula is C9H21NOSi. The second kappa shape index (κ2) is 4.65. The lowest BCUT2D eigenvalue weighted by Crippen LogP contribution is -2.39. The van der Waals surface area contributed by atoms with Gasteiger partial charge < -0.3 is 4.57 Å². The van der Waals surface area contributed by atoms with Gasteiger partial charge >= 0.3 is 0 Å².